The number of rotatable bonds is 12. The molecule has 3 nitrogen and oxygen atoms in total. The van der Waals surface area contributed by atoms with E-state index in [9.17, 15) is 0 Å². The molecule has 0 aliphatic carbocycles. The molecule has 0 unspecified atom stereocenters. The van der Waals surface area contributed by atoms with Gasteiger partial charge in [0.15, 0.2) is 5.41 Å². The molecular formula is C18H28O3Si. The van der Waals surface area contributed by atoms with Gasteiger partial charge in [0.1, 0.15) is 0 Å². The topological polar surface area (TPSA) is 27.7 Å². The van der Waals surface area contributed by atoms with E-state index in [0.29, 0.717) is 19.8 Å². The maximum atomic E-state index is 5.84. The summed E-state index contributed by atoms with van der Waals surface area (Å²) < 4.78 is 17.4. The molecule has 0 saturated carbocycles. The van der Waals surface area contributed by atoms with Crippen LogP contribution in [0.1, 0.15) is 44.7 Å². The van der Waals surface area contributed by atoms with Crippen LogP contribution in [0.2, 0.25) is 0 Å². The van der Waals surface area contributed by atoms with Crippen molar-refractivity contribution >= 4 is 15.8 Å². The summed E-state index contributed by atoms with van der Waals surface area (Å²) in [6.07, 6.45) is 4.68. The number of hydrogen-bond acceptors (Lipinski definition) is 3. The van der Waals surface area contributed by atoms with Gasteiger partial charge in [-0.25, -0.2) is 0 Å². The molecule has 0 aliphatic rings. The summed E-state index contributed by atoms with van der Waals surface area (Å²) in [7, 11) is 0.208. The molecule has 1 aromatic rings. The van der Waals surface area contributed by atoms with E-state index >= 15 is 0 Å². The van der Waals surface area contributed by atoms with Gasteiger partial charge in [0.2, 0.25) is 0 Å². The minimum Gasteiger partial charge on any atom is -0.412 e. The summed E-state index contributed by atoms with van der Waals surface area (Å²) in [4.78, 5) is 0. The van der Waals surface area contributed by atoms with Crippen LogP contribution in [0.25, 0.3) is 6.08 Å². The Labute approximate surface area is 137 Å². The minimum absolute atomic E-state index is 0.208. The third kappa shape index (κ3) is 6.05. The van der Waals surface area contributed by atoms with Gasteiger partial charge in [-0.2, -0.15) is 0 Å². The molecule has 22 heavy (non-hydrogen) atoms. The van der Waals surface area contributed by atoms with E-state index in [0.717, 1.165) is 19.3 Å². The van der Waals surface area contributed by atoms with Crippen molar-refractivity contribution in [2.24, 2.45) is 0 Å². The predicted molar refractivity (Wildman–Crippen MR) is 92.8 cm³/mol. The maximum absolute atomic E-state index is 5.84. The number of hydrogen-bond donors (Lipinski definition) is 0. The first kappa shape index (κ1) is 19.1. The first-order valence-corrected chi connectivity index (χ1v) is 8.99. The molecule has 0 saturated heterocycles. The van der Waals surface area contributed by atoms with E-state index < -0.39 is 5.41 Å². The lowest BCUT2D eigenvalue weighted by atomic mass is 10.0. The van der Waals surface area contributed by atoms with Gasteiger partial charge < -0.3 is 13.9 Å². The number of ether oxygens (including phenoxy) is 2. The molecule has 1 aromatic carbocycles. The summed E-state index contributed by atoms with van der Waals surface area (Å²) in [5, 5.41) is 0. The molecule has 0 heterocycles. The van der Waals surface area contributed by atoms with Crippen molar-refractivity contribution in [1.29, 1.82) is 0 Å². The van der Waals surface area contributed by atoms with Crippen molar-refractivity contribution < 1.29 is 13.9 Å². The van der Waals surface area contributed by atoms with E-state index in [2.05, 4.69) is 31.7 Å². The van der Waals surface area contributed by atoms with Crippen molar-refractivity contribution in [3.8, 4) is 0 Å². The zero-order valence-electron chi connectivity index (χ0n) is 14.1. The molecule has 122 valence electrons. The van der Waals surface area contributed by atoms with E-state index in [1.54, 1.807) is 0 Å². The summed E-state index contributed by atoms with van der Waals surface area (Å²) in [6, 6.07) is 8.35. The highest BCUT2D eigenvalue weighted by atomic mass is 28.2. The summed E-state index contributed by atoms with van der Waals surface area (Å²) in [5.41, 5.74) is 1.96. The summed E-state index contributed by atoms with van der Waals surface area (Å²) in [5.74, 6) is 0. The van der Waals surface area contributed by atoms with Crippen LogP contribution < -0.4 is 0 Å². The van der Waals surface area contributed by atoms with Crippen LogP contribution in [0, 0.1) is 0 Å². The van der Waals surface area contributed by atoms with Gasteiger partial charge in [-0.15, -0.1) is 0 Å². The molecule has 0 atom stereocenters. The lowest BCUT2D eigenvalue weighted by Gasteiger charge is -2.30. The van der Waals surface area contributed by atoms with E-state index in [-0.39, 0.29) is 9.76 Å². The second-order valence-electron chi connectivity index (χ2n) is 4.93. The van der Waals surface area contributed by atoms with Gasteiger partial charge in [0, 0.05) is 19.8 Å². The van der Waals surface area contributed by atoms with Crippen LogP contribution in [0.3, 0.4) is 0 Å². The molecule has 0 N–H and O–H groups in total. The van der Waals surface area contributed by atoms with Crippen LogP contribution in [0.4, 0.5) is 0 Å². The van der Waals surface area contributed by atoms with Gasteiger partial charge in [-0.3, -0.25) is 0 Å². The Kier molecular flexibility index (Phi) is 9.32. The molecule has 0 spiro atoms. The Morgan fingerprint density at radius 2 is 1.82 bits per heavy atom. The molecule has 2 radical (unpaired) electrons. The molecule has 1 rings (SSSR count). The average Bonchev–Trinajstić information content (AvgIpc) is 2.55. The number of benzene rings is 1. The fraction of sp³-hybridized carbons (Fsp3) is 0.556. The highest BCUT2D eigenvalue weighted by Crippen LogP contribution is 2.17. The smallest absolute Gasteiger partial charge is 0.304 e. The van der Waals surface area contributed by atoms with E-state index in [4.69, 9.17) is 13.9 Å². The van der Waals surface area contributed by atoms with Crippen LogP contribution in [0.5, 0.6) is 0 Å². The van der Waals surface area contributed by atoms with Gasteiger partial charge in [-0.05, 0) is 44.2 Å². The van der Waals surface area contributed by atoms with Gasteiger partial charge in [0.25, 0.3) is 0 Å². The largest absolute Gasteiger partial charge is 0.412 e. The van der Waals surface area contributed by atoms with Gasteiger partial charge >= 0.3 is 9.76 Å². The molecule has 0 amide bonds. The highest BCUT2D eigenvalue weighted by Gasteiger charge is 2.31. The Morgan fingerprint density at radius 3 is 2.41 bits per heavy atom. The Hall–Kier alpha value is -0.943. The zero-order chi connectivity index (χ0) is 16.3. The molecule has 0 fully saturated rings. The number of aryl methyl sites for hydroxylation is 1. The van der Waals surface area contributed by atoms with Crippen molar-refractivity contribution in [1.82, 2.24) is 0 Å². The van der Waals surface area contributed by atoms with E-state index in [1.165, 1.54) is 11.1 Å². The summed E-state index contributed by atoms with van der Waals surface area (Å²) >= 11 is 0. The van der Waals surface area contributed by atoms with Crippen molar-refractivity contribution in [3.05, 3.63) is 42.0 Å². The maximum Gasteiger partial charge on any atom is 0.304 e. The molecular weight excluding hydrogens is 292 g/mol. The standard InChI is InChI=1S/C18H28O3Si/c1-5-16-12-9-10-13-17(16)14-11-15-21-22-18(6-2,19-7-3)20-8-4/h5,9-10,12-13H,1,6-8,11,14-15H2,2-4H3. The molecule has 0 bridgehead atoms. The van der Waals surface area contributed by atoms with Gasteiger partial charge in [0.05, 0.1) is 0 Å². The summed E-state index contributed by atoms with van der Waals surface area (Å²) in [6.45, 7) is 11.9. The Balaban J connectivity index is 2.38. The molecule has 4 heteroatoms. The Morgan fingerprint density at radius 1 is 1.14 bits per heavy atom. The van der Waals surface area contributed by atoms with Crippen LogP contribution in [0.15, 0.2) is 30.8 Å². The Bertz CT molecular complexity index is 428. The fourth-order valence-corrected chi connectivity index (χ4v) is 3.32. The predicted octanol–water partition coefficient (Wildman–Crippen LogP) is 4.03. The van der Waals surface area contributed by atoms with Crippen molar-refractivity contribution in [2.75, 3.05) is 19.8 Å². The second-order valence-corrected chi connectivity index (χ2v) is 6.18. The lowest BCUT2D eigenvalue weighted by Crippen LogP contribution is -2.43. The minimum atomic E-state index is -0.567. The van der Waals surface area contributed by atoms with Gasteiger partial charge in [-0.1, -0.05) is 43.8 Å². The lowest BCUT2D eigenvalue weighted by molar-refractivity contribution is -0.183. The first-order chi connectivity index (χ1) is 10.7. The van der Waals surface area contributed by atoms with Crippen molar-refractivity contribution in [3.63, 3.8) is 0 Å². The monoisotopic (exact) mass is 320 g/mol. The highest BCUT2D eigenvalue weighted by molar-refractivity contribution is 6.31. The van der Waals surface area contributed by atoms with E-state index in [1.807, 2.05) is 26.0 Å². The first-order valence-electron chi connectivity index (χ1n) is 8.08. The zero-order valence-corrected chi connectivity index (χ0v) is 15.1. The molecule has 0 aliphatic heterocycles. The van der Waals surface area contributed by atoms with Crippen LogP contribution in [-0.4, -0.2) is 35.0 Å². The van der Waals surface area contributed by atoms with Crippen molar-refractivity contribution in [2.45, 2.75) is 45.4 Å². The third-order valence-corrected chi connectivity index (χ3v) is 4.72. The average molecular weight is 321 g/mol. The SMILES string of the molecule is C=Cc1ccccc1CCCO[Si]C(CC)(OCC)OCC. The third-order valence-electron chi connectivity index (χ3n) is 3.42. The normalized spacial score (nSPS) is 11.6. The fourth-order valence-electron chi connectivity index (χ4n) is 2.30. The molecule has 0 aromatic heterocycles. The van der Waals surface area contributed by atoms with Crippen LogP contribution in [-0.2, 0) is 20.3 Å². The second kappa shape index (κ2) is 10.7. The van der Waals surface area contributed by atoms with Crippen LogP contribution >= 0.6 is 0 Å². The quantitative estimate of drug-likeness (QED) is 0.330.